The van der Waals surface area contributed by atoms with Gasteiger partial charge in [-0.1, -0.05) is 56.6 Å². The molecule has 160 valence electrons. The number of benzene rings is 3. The molecule has 3 aromatic carbocycles. The third-order valence-electron chi connectivity index (χ3n) is 4.58. The minimum atomic E-state index is -0.293. The molecule has 2 N–H and O–H groups in total. The molecule has 0 aliphatic heterocycles. The molecule has 31 heavy (non-hydrogen) atoms. The van der Waals surface area contributed by atoms with Crippen LogP contribution < -0.4 is 15.4 Å². The van der Waals surface area contributed by atoms with Crippen LogP contribution in [0.5, 0.6) is 5.75 Å². The Morgan fingerprint density at radius 1 is 0.871 bits per heavy atom. The minimum Gasteiger partial charge on any atom is -0.484 e. The Morgan fingerprint density at radius 2 is 1.52 bits per heavy atom. The lowest BCUT2D eigenvalue weighted by atomic mass is 9.87. The van der Waals surface area contributed by atoms with Gasteiger partial charge in [-0.15, -0.1) is 0 Å². The zero-order valence-electron chi connectivity index (χ0n) is 17.7. The summed E-state index contributed by atoms with van der Waals surface area (Å²) >= 11 is 5.94. The lowest BCUT2D eigenvalue weighted by molar-refractivity contribution is -0.118. The van der Waals surface area contributed by atoms with Gasteiger partial charge in [0.15, 0.2) is 6.61 Å². The number of nitrogens with one attached hydrogen (secondary N) is 2. The van der Waals surface area contributed by atoms with Crippen molar-refractivity contribution in [3.63, 3.8) is 0 Å². The van der Waals surface area contributed by atoms with Gasteiger partial charge in [-0.2, -0.15) is 0 Å². The molecule has 3 rings (SSSR count). The van der Waals surface area contributed by atoms with Crippen molar-refractivity contribution in [2.45, 2.75) is 26.2 Å². The largest absolute Gasteiger partial charge is 0.484 e. The molecule has 0 fully saturated rings. The molecule has 0 aliphatic rings. The number of halogens is 1. The molecule has 0 heterocycles. The molecule has 0 aromatic heterocycles. The van der Waals surface area contributed by atoms with Crippen LogP contribution in [0.1, 0.15) is 36.7 Å². The van der Waals surface area contributed by atoms with Crippen molar-refractivity contribution in [2.75, 3.05) is 17.2 Å². The molecule has 0 radical (unpaired) electrons. The number of carbonyl (C=O) groups excluding carboxylic acids is 2. The maximum atomic E-state index is 12.4. The summed E-state index contributed by atoms with van der Waals surface area (Å²) < 4.78 is 5.58. The third kappa shape index (κ3) is 6.59. The normalized spacial score (nSPS) is 11.0. The fraction of sp³-hybridized carbons (Fsp3) is 0.200. The van der Waals surface area contributed by atoms with Gasteiger partial charge in [0.2, 0.25) is 0 Å². The van der Waals surface area contributed by atoms with Crippen molar-refractivity contribution in [2.24, 2.45) is 0 Å². The van der Waals surface area contributed by atoms with E-state index in [4.69, 9.17) is 16.3 Å². The highest BCUT2D eigenvalue weighted by Crippen LogP contribution is 2.24. The molecule has 5 nitrogen and oxygen atoms in total. The first-order valence-electron chi connectivity index (χ1n) is 9.91. The summed E-state index contributed by atoms with van der Waals surface area (Å²) in [4.78, 5) is 24.6. The van der Waals surface area contributed by atoms with Gasteiger partial charge in [-0.25, -0.2) is 0 Å². The highest BCUT2D eigenvalue weighted by Gasteiger charge is 2.13. The highest BCUT2D eigenvalue weighted by molar-refractivity contribution is 6.31. The first-order chi connectivity index (χ1) is 14.7. The number of rotatable bonds is 6. The van der Waals surface area contributed by atoms with E-state index in [1.807, 2.05) is 24.3 Å². The Hall–Kier alpha value is -3.31. The van der Waals surface area contributed by atoms with Crippen LogP contribution in [0.3, 0.4) is 0 Å². The van der Waals surface area contributed by atoms with Crippen molar-refractivity contribution < 1.29 is 14.3 Å². The van der Waals surface area contributed by atoms with Crippen LogP contribution in [0.25, 0.3) is 0 Å². The van der Waals surface area contributed by atoms with Crippen molar-refractivity contribution in [1.29, 1.82) is 0 Å². The molecule has 0 saturated heterocycles. The zero-order valence-corrected chi connectivity index (χ0v) is 18.5. The van der Waals surface area contributed by atoms with Gasteiger partial charge in [0.1, 0.15) is 5.75 Å². The summed E-state index contributed by atoms with van der Waals surface area (Å²) in [5, 5.41) is 6.06. The predicted molar refractivity (Wildman–Crippen MR) is 125 cm³/mol. The number of anilines is 2. The van der Waals surface area contributed by atoms with Crippen LogP contribution in [-0.2, 0) is 10.2 Å². The second-order valence-corrected chi connectivity index (χ2v) is 8.59. The van der Waals surface area contributed by atoms with Gasteiger partial charge in [0.05, 0.1) is 0 Å². The Balaban J connectivity index is 1.55. The Morgan fingerprint density at radius 3 is 2.16 bits per heavy atom. The minimum absolute atomic E-state index is 0.0586. The molecule has 0 atom stereocenters. The monoisotopic (exact) mass is 436 g/mol. The van der Waals surface area contributed by atoms with Gasteiger partial charge < -0.3 is 15.4 Å². The molecule has 0 unspecified atom stereocenters. The number of ether oxygens (including phenoxy) is 1. The lowest BCUT2D eigenvalue weighted by Crippen LogP contribution is -2.20. The van der Waals surface area contributed by atoms with E-state index < -0.39 is 0 Å². The quantitative estimate of drug-likeness (QED) is 0.505. The van der Waals surface area contributed by atoms with Crippen molar-refractivity contribution in [3.8, 4) is 5.75 Å². The number of amides is 2. The standard InChI is InChI=1S/C25H25ClN2O3/c1-25(2,3)18-10-12-22(13-11-18)31-16-23(29)27-20-8-5-9-21(15-20)28-24(30)17-6-4-7-19(26)14-17/h4-15H,16H2,1-3H3,(H,27,29)(H,28,30). The summed E-state index contributed by atoms with van der Waals surface area (Å²) in [6, 6.07) is 21.3. The molecular formula is C25H25ClN2O3. The fourth-order valence-electron chi connectivity index (χ4n) is 2.90. The SMILES string of the molecule is CC(C)(C)c1ccc(OCC(=O)Nc2cccc(NC(=O)c3cccc(Cl)c3)c2)cc1. The van der Waals surface area contributed by atoms with Crippen LogP contribution in [0.2, 0.25) is 5.02 Å². The molecule has 3 aromatic rings. The topological polar surface area (TPSA) is 67.4 Å². The number of carbonyl (C=O) groups is 2. The molecule has 0 bridgehead atoms. The van der Waals surface area contributed by atoms with Crippen molar-refractivity contribution in [1.82, 2.24) is 0 Å². The summed E-state index contributed by atoms with van der Waals surface area (Å²) in [6.07, 6.45) is 0. The van der Waals surface area contributed by atoms with E-state index in [9.17, 15) is 9.59 Å². The van der Waals surface area contributed by atoms with Crippen molar-refractivity contribution >= 4 is 34.8 Å². The van der Waals surface area contributed by atoms with Gasteiger partial charge in [0.25, 0.3) is 11.8 Å². The predicted octanol–water partition coefficient (Wildman–Crippen LogP) is 5.91. The van der Waals surface area contributed by atoms with E-state index in [0.29, 0.717) is 27.7 Å². The fourth-order valence-corrected chi connectivity index (χ4v) is 3.10. The van der Waals surface area contributed by atoms with E-state index >= 15 is 0 Å². The highest BCUT2D eigenvalue weighted by atomic mass is 35.5. The van der Waals surface area contributed by atoms with Gasteiger partial charge in [0, 0.05) is 22.0 Å². The molecule has 2 amide bonds. The van der Waals surface area contributed by atoms with E-state index in [-0.39, 0.29) is 23.8 Å². The third-order valence-corrected chi connectivity index (χ3v) is 4.82. The van der Waals surface area contributed by atoms with Crippen LogP contribution in [0, 0.1) is 0 Å². The lowest BCUT2D eigenvalue weighted by Gasteiger charge is -2.19. The average molecular weight is 437 g/mol. The van der Waals surface area contributed by atoms with Crippen LogP contribution in [0.15, 0.2) is 72.8 Å². The van der Waals surface area contributed by atoms with Gasteiger partial charge >= 0.3 is 0 Å². The van der Waals surface area contributed by atoms with E-state index in [0.717, 1.165) is 0 Å². The first kappa shape index (κ1) is 22.4. The number of hydrogen-bond acceptors (Lipinski definition) is 3. The summed E-state index contributed by atoms with van der Waals surface area (Å²) in [5.74, 6) is 0.0527. The van der Waals surface area contributed by atoms with E-state index in [1.54, 1.807) is 48.5 Å². The summed E-state index contributed by atoms with van der Waals surface area (Å²) in [5.41, 5.74) is 2.82. The van der Waals surface area contributed by atoms with Crippen molar-refractivity contribution in [3.05, 3.63) is 88.9 Å². The molecule has 6 heteroatoms. The van der Waals surface area contributed by atoms with Crippen LogP contribution >= 0.6 is 11.6 Å². The van der Waals surface area contributed by atoms with E-state index in [2.05, 4.69) is 31.4 Å². The zero-order chi connectivity index (χ0) is 22.4. The second kappa shape index (κ2) is 9.67. The van der Waals surface area contributed by atoms with E-state index in [1.165, 1.54) is 5.56 Å². The number of hydrogen-bond donors (Lipinski definition) is 2. The van der Waals surface area contributed by atoms with Gasteiger partial charge in [-0.3, -0.25) is 9.59 Å². The molecular weight excluding hydrogens is 412 g/mol. The van der Waals surface area contributed by atoms with Gasteiger partial charge in [-0.05, 0) is 59.5 Å². The molecule has 0 aliphatic carbocycles. The maximum Gasteiger partial charge on any atom is 0.262 e. The molecule has 0 saturated carbocycles. The summed E-state index contributed by atoms with van der Waals surface area (Å²) in [6.45, 7) is 6.31. The Kier molecular flexibility index (Phi) is 6.98. The van der Waals surface area contributed by atoms with Crippen LogP contribution in [-0.4, -0.2) is 18.4 Å². The summed E-state index contributed by atoms with van der Waals surface area (Å²) in [7, 11) is 0. The average Bonchev–Trinajstić information content (AvgIpc) is 2.72. The Bertz CT molecular complexity index is 1070. The Labute approximate surface area is 187 Å². The maximum absolute atomic E-state index is 12.4. The smallest absolute Gasteiger partial charge is 0.262 e. The first-order valence-corrected chi connectivity index (χ1v) is 10.3. The molecule has 0 spiro atoms. The second-order valence-electron chi connectivity index (χ2n) is 8.16. The van der Waals surface area contributed by atoms with Crippen LogP contribution in [0.4, 0.5) is 11.4 Å².